The molecule has 0 saturated carbocycles. The normalized spacial score (nSPS) is 9.18. The minimum atomic E-state index is -0.0435. The number of aldehydes is 1. The Balaban J connectivity index is 3.15. The second-order valence-corrected chi connectivity index (χ2v) is 3.31. The van der Waals surface area contributed by atoms with Crippen LogP contribution in [0.1, 0.15) is 13.3 Å². The topological polar surface area (TPSA) is 46.2 Å². The first-order valence-electron chi connectivity index (χ1n) is 3.59. The summed E-state index contributed by atoms with van der Waals surface area (Å²) < 4.78 is 0. The summed E-state index contributed by atoms with van der Waals surface area (Å²) in [6.45, 7) is 2.18. The van der Waals surface area contributed by atoms with Gasteiger partial charge >= 0.3 is 0 Å². The highest BCUT2D eigenvalue weighted by molar-refractivity contribution is 7.99. The highest BCUT2D eigenvalue weighted by atomic mass is 32.2. The Labute approximate surface area is 70.9 Å². The average Bonchev–Trinajstić information content (AvgIpc) is 2.01. The maximum Gasteiger partial charge on any atom is 0.221 e. The van der Waals surface area contributed by atoms with E-state index in [-0.39, 0.29) is 12.5 Å². The van der Waals surface area contributed by atoms with Gasteiger partial charge < -0.3 is 10.1 Å². The van der Waals surface area contributed by atoms with Crippen LogP contribution in [0.15, 0.2) is 0 Å². The van der Waals surface area contributed by atoms with Crippen molar-refractivity contribution in [1.29, 1.82) is 0 Å². The number of hydrogen-bond acceptors (Lipinski definition) is 3. The van der Waals surface area contributed by atoms with Crippen LogP contribution >= 0.6 is 11.8 Å². The molecule has 0 aromatic heterocycles. The van der Waals surface area contributed by atoms with Crippen molar-refractivity contribution in [3.05, 3.63) is 0 Å². The second kappa shape index (κ2) is 7.60. The van der Waals surface area contributed by atoms with Gasteiger partial charge in [-0.05, 0) is 5.75 Å². The Bertz CT molecular complexity index is 128. The van der Waals surface area contributed by atoms with E-state index in [9.17, 15) is 9.59 Å². The van der Waals surface area contributed by atoms with Crippen LogP contribution < -0.4 is 5.32 Å². The van der Waals surface area contributed by atoms with Crippen LogP contribution in [-0.2, 0) is 9.59 Å². The first kappa shape index (κ1) is 10.5. The van der Waals surface area contributed by atoms with Gasteiger partial charge in [0.25, 0.3) is 0 Å². The van der Waals surface area contributed by atoms with Crippen molar-refractivity contribution < 1.29 is 9.59 Å². The zero-order valence-electron chi connectivity index (χ0n) is 6.63. The van der Waals surface area contributed by atoms with Crippen LogP contribution in [0.5, 0.6) is 0 Å². The number of carbonyl (C=O) groups is 2. The molecule has 0 saturated heterocycles. The largest absolute Gasteiger partial charge is 0.349 e. The Morgan fingerprint density at radius 2 is 2.36 bits per heavy atom. The smallest absolute Gasteiger partial charge is 0.221 e. The van der Waals surface area contributed by atoms with Crippen LogP contribution in [0.4, 0.5) is 0 Å². The minimum Gasteiger partial charge on any atom is -0.349 e. The lowest BCUT2D eigenvalue weighted by Crippen LogP contribution is -2.25. The molecule has 0 unspecified atom stereocenters. The molecule has 0 atom stereocenters. The molecule has 3 nitrogen and oxygen atoms in total. The SMILES string of the molecule is CCSCCC(=O)NCC=O. The van der Waals surface area contributed by atoms with E-state index in [4.69, 9.17) is 0 Å². The van der Waals surface area contributed by atoms with Crippen molar-refractivity contribution in [2.45, 2.75) is 13.3 Å². The van der Waals surface area contributed by atoms with E-state index in [1.165, 1.54) is 0 Å². The molecule has 0 radical (unpaired) electrons. The molecule has 0 aliphatic carbocycles. The monoisotopic (exact) mass is 175 g/mol. The summed E-state index contributed by atoms with van der Waals surface area (Å²) in [5, 5.41) is 2.47. The maximum atomic E-state index is 10.8. The first-order chi connectivity index (χ1) is 5.31. The molecule has 1 amide bonds. The highest BCUT2D eigenvalue weighted by Gasteiger charge is 1.97. The van der Waals surface area contributed by atoms with E-state index in [0.717, 1.165) is 11.5 Å². The predicted molar refractivity (Wildman–Crippen MR) is 46.7 cm³/mol. The Morgan fingerprint density at radius 3 is 2.91 bits per heavy atom. The van der Waals surface area contributed by atoms with Crippen molar-refractivity contribution in [2.24, 2.45) is 0 Å². The van der Waals surface area contributed by atoms with E-state index in [1.807, 2.05) is 6.92 Å². The lowest BCUT2D eigenvalue weighted by Gasteiger charge is -1.99. The Morgan fingerprint density at radius 1 is 1.64 bits per heavy atom. The lowest BCUT2D eigenvalue weighted by molar-refractivity contribution is -0.122. The summed E-state index contributed by atoms with van der Waals surface area (Å²) in [5.74, 6) is 1.82. The lowest BCUT2D eigenvalue weighted by atomic mass is 10.4. The summed E-state index contributed by atoms with van der Waals surface area (Å²) >= 11 is 1.72. The van der Waals surface area contributed by atoms with Crippen molar-refractivity contribution in [1.82, 2.24) is 5.32 Å². The zero-order valence-corrected chi connectivity index (χ0v) is 7.45. The fraction of sp³-hybridized carbons (Fsp3) is 0.714. The molecule has 0 heterocycles. The van der Waals surface area contributed by atoms with Gasteiger partial charge in [0.15, 0.2) is 0 Å². The van der Waals surface area contributed by atoms with Gasteiger partial charge in [-0.3, -0.25) is 4.79 Å². The average molecular weight is 175 g/mol. The number of thioether (sulfide) groups is 1. The molecule has 0 bridgehead atoms. The van der Waals surface area contributed by atoms with Crippen LogP contribution in [0.2, 0.25) is 0 Å². The van der Waals surface area contributed by atoms with Crippen LogP contribution in [0.25, 0.3) is 0 Å². The van der Waals surface area contributed by atoms with Crippen molar-refractivity contribution >= 4 is 24.0 Å². The summed E-state index contributed by atoms with van der Waals surface area (Å²) in [7, 11) is 0. The molecule has 0 aromatic rings. The number of amides is 1. The van der Waals surface area contributed by atoms with Gasteiger partial charge in [-0.2, -0.15) is 11.8 Å². The van der Waals surface area contributed by atoms with E-state index in [0.29, 0.717) is 12.7 Å². The number of hydrogen-bond donors (Lipinski definition) is 1. The molecule has 0 aromatic carbocycles. The predicted octanol–water partition coefficient (Wildman–Crippen LogP) is 0.445. The minimum absolute atomic E-state index is 0.0435. The zero-order chi connectivity index (χ0) is 8.53. The standard InChI is InChI=1S/C7H13NO2S/c1-2-11-6-3-7(10)8-4-5-9/h5H,2-4,6H2,1H3,(H,8,10). The quantitative estimate of drug-likeness (QED) is 0.471. The Kier molecular flexibility index (Phi) is 7.24. The molecule has 0 aliphatic heterocycles. The molecule has 0 fully saturated rings. The van der Waals surface area contributed by atoms with Gasteiger partial charge in [0.1, 0.15) is 6.29 Å². The first-order valence-corrected chi connectivity index (χ1v) is 4.74. The maximum absolute atomic E-state index is 10.8. The van der Waals surface area contributed by atoms with Crippen LogP contribution in [0, 0.1) is 0 Å². The second-order valence-electron chi connectivity index (χ2n) is 1.92. The van der Waals surface area contributed by atoms with Crippen LogP contribution in [0.3, 0.4) is 0 Å². The number of rotatable bonds is 6. The summed E-state index contributed by atoms with van der Waals surface area (Å²) in [4.78, 5) is 20.6. The molecule has 64 valence electrons. The molecule has 0 aliphatic rings. The van der Waals surface area contributed by atoms with Crippen molar-refractivity contribution in [3.8, 4) is 0 Å². The van der Waals surface area contributed by atoms with Crippen molar-refractivity contribution in [3.63, 3.8) is 0 Å². The molecule has 0 rings (SSSR count). The molecular formula is C7H13NO2S. The van der Waals surface area contributed by atoms with E-state index < -0.39 is 0 Å². The molecule has 1 N–H and O–H groups in total. The van der Waals surface area contributed by atoms with E-state index in [2.05, 4.69) is 5.32 Å². The van der Waals surface area contributed by atoms with E-state index >= 15 is 0 Å². The van der Waals surface area contributed by atoms with Gasteiger partial charge in [0.05, 0.1) is 6.54 Å². The summed E-state index contributed by atoms with van der Waals surface area (Å²) in [6, 6.07) is 0. The Hall–Kier alpha value is -0.510. The number of nitrogens with one attached hydrogen (secondary N) is 1. The highest BCUT2D eigenvalue weighted by Crippen LogP contribution is 1.99. The molecule has 0 spiro atoms. The summed E-state index contributed by atoms with van der Waals surface area (Å²) in [5.41, 5.74) is 0. The molecule has 4 heteroatoms. The van der Waals surface area contributed by atoms with Crippen LogP contribution in [-0.4, -0.2) is 30.2 Å². The van der Waals surface area contributed by atoms with Gasteiger partial charge in [0.2, 0.25) is 5.91 Å². The molecular weight excluding hydrogens is 162 g/mol. The van der Waals surface area contributed by atoms with Gasteiger partial charge in [-0.15, -0.1) is 0 Å². The molecule has 11 heavy (non-hydrogen) atoms. The fourth-order valence-corrected chi connectivity index (χ4v) is 1.17. The van der Waals surface area contributed by atoms with Gasteiger partial charge in [0, 0.05) is 12.2 Å². The third-order valence-electron chi connectivity index (χ3n) is 1.06. The van der Waals surface area contributed by atoms with Gasteiger partial charge in [-0.25, -0.2) is 0 Å². The van der Waals surface area contributed by atoms with Crippen molar-refractivity contribution in [2.75, 3.05) is 18.1 Å². The third kappa shape index (κ3) is 7.39. The third-order valence-corrected chi connectivity index (χ3v) is 1.96. The summed E-state index contributed by atoms with van der Waals surface area (Å²) in [6.07, 6.45) is 1.19. The number of carbonyl (C=O) groups excluding carboxylic acids is 2. The fourth-order valence-electron chi connectivity index (χ4n) is 0.553. The van der Waals surface area contributed by atoms with Gasteiger partial charge in [-0.1, -0.05) is 6.92 Å². The van der Waals surface area contributed by atoms with E-state index in [1.54, 1.807) is 11.8 Å².